The highest BCUT2D eigenvalue weighted by Crippen LogP contribution is 2.61. The van der Waals surface area contributed by atoms with Gasteiger partial charge in [-0.1, -0.05) is 30.3 Å². The molecule has 2 aliphatic rings. The number of Topliss-reactive ketones (excluding diaryl/α,β-unsaturated/α-hetero) is 1. The van der Waals surface area contributed by atoms with Crippen LogP contribution in [0.1, 0.15) is 24.3 Å². The fourth-order valence-corrected chi connectivity index (χ4v) is 2.78. The summed E-state index contributed by atoms with van der Waals surface area (Å²) in [6.07, 6.45) is 1.96. The Morgan fingerprint density at radius 3 is 2.46 bits per heavy atom. The first-order valence-electron chi connectivity index (χ1n) is 4.95. The Morgan fingerprint density at radius 2 is 1.85 bits per heavy atom. The molecule has 2 aliphatic carbocycles. The van der Waals surface area contributed by atoms with E-state index in [0.29, 0.717) is 23.5 Å². The minimum atomic E-state index is 0.391. The van der Waals surface area contributed by atoms with Gasteiger partial charge in [-0.3, -0.25) is 4.79 Å². The highest BCUT2D eigenvalue weighted by atomic mass is 16.1. The third kappa shape index (κ3) is 0.963. The number of hydrogen-bond acceptors (Lipinski definition) is 1. The van der Waals surface area contributed by atoms with Crippen LogP contribution in [0.3, 0.4) is 0 Å². The van der Waals surface area contributed by atoms with E-state index < -0.39 is 0 Å². The smallest absolute Gasteiger partial charge is 0.136 e. The zero-order chi connectivity index (χ0) is 8.84. The van der Waals surface area contributed by atoms with E-state index in [9.17, 15) is 4.79 Å². The summed E-state index contributed by atoms with van der Waals surface area (Å²) in [7, 11) is 0. The second-order valence-corrected chi connectivity index (χ2v) is 4.13. The number of fused-ring (bicyclic) bond motifs is 1. The van der Waals surface area contributed by atoms with E-state index in [1.165, 1.54) is 5.56 Å². The quantitative estimate of drug-likeness (QED) is 0.635. The average molecular weight is 172 g/mol. The molecule has 0 aliphatic heterocycles. The highest BCUT2D eigenvalue weighted by molar-refractivity contribution is 5.88. The Morgan fingerprint density at radius 1 is 1.08 bits per heavy atom. The van der Waals surface area contributed by atoms with Gasteiger partial charge in [-0.25, -0.2) is 0 Å². The Hall–Kier alpha value is -1.11. The number of rotatable bonds is 1. The lowest BCUT2D eigenvalue weighted by molar-refractivity contribution is -0.119. The van der Waals surface area contributed by atoms with Gasteiger partial charge in [0.1, 0.15) is 5.78 Å². The van der Waals surface area contributed by atoms with Gasteiger partial charge in [0.25, 0.3) is 0 Å². The zero-order valence-corrected chi connectivity index (χ0v) is 7.44. The van der Waals surface area contributed by atoms with Crippen molar-refractivity contribution >= 4 is 5.78 Å². The van der Waals surface area contributed by atoms with E-state index >= 15 is 0 Å². The lowest BCUT2D eigenvalue weighted by atomic mass is 10.0. The first-order chi connectivity index (χ1) is 6.38. The van der Waals surface area contributed by atoms with E-state index in [1.54, 1.807) is 0 Å². The van der Waals surface area contributed by atoms with Crippen LogP contribution in [0, 0.1) is 11.8 Å². The molecule has 0 radical (unpaired) electrons. The third-order valence-corrected chi connectivity index (χ3v) is 3.45. The molecule has 3 atom stereocenters. The van der Waals surface area contributed by atoms with Crippen molar-refractivity contribution in [3.05, 3.63) is 35.9 Å². The van der Waals surface area contributed by atoms with E-state index in [4.69, 9.17) is 0 Å². The van der Waals surface area contributed by atoms with Crippen LogP contribution in [0.25, 0.3) is 0 Å². The maximum absolute atomic E-state index is 11.4. The molecule has 0 N–H and O–H groups in total. The number of ketones is 1. The van der Waals surface area contributed by atoms with Crippen molar-refractivity contribution in [2.24, 2.45) is 11.8 Å². The van der Waals surface area contributed by atoms with Gasteiger partial charge in [-0.2, -0.15) is 0 Å². The molecule has 3 rings (SSSR count). The van der Waals surface area contributed by atoms with Crippen molar-refractivity contribution in [3.63, 3.8) is 0 Å². The molecule has 13 heavy (non-hydrogen) atoms. The van der Waals surface area contributed by atoms with Crippen LogP contribution in [-0.2, 0) is 4.79 Å². The Bertz CT molecular complexity index is 341. The first-order valence-corrected chi connectivity index (χ1v) is 4.95. The van der Waals surface area contributed by atoms with E-state index in [0.717, 1.165) is 12.8 Å². The topological polar surface area (TPSA) is 17.1 Å². The van der Waals surface area contributed by atoms with E-state index in [2.05, 4.69) is 24.3 Å². The summed E-state index contributed by atoms with van der Waals surface area (Å²) < 4.78 is 0. The molecule has 1 aromatic carbocycles. The van der Waals surface area contributed by atoms with Crippen LogP contribution < -0.4 is 0 Å². The molecule has 0 spiro atoms. The van der Waals surface area contributed by atoms with Crippen molar-refractivity contribution in [1.82, 2.24) is 0 Å². The number of carbonyl (C=O) groups is 1. The molecule has 66 valence electrons. The van der Waals surface area contributed by atoms with Crippen molar-refractivity contribution in [1.29, 1.82) is 0 Å². The SMILES string of the molecule is O=C1CC[C@H]2[C@@H]1[C@H]2c1ccccc1. The third-order valence-electron chi connectivity index (χ3n) is 3.45. The van der Waals surface area contributed by atoms with Crippen molar-refractivity contribution in [2.75, 3.05) is 0 Å². The van der Waals surface area contributed by atoms with Crippen LogP contribution in [0.15, 0.2) is 30.3 Å². The van der Waals surface area contributed by atoms with Gasteiger partial charge in [-0.05, 0) is 23.8 Å². The first kappa shape index (κ1) is 7.31. The Balaban J connectivity index is 1.88. The van der Waals surface area contributed by atoms with Crippen LogP contribution >= 0.6 is 0 Å². The second kappa shape index (κ2) is 2.44. The molecule has 1 aromatic rings. The minimum absolute atomic E-state index is 0.391. The summed E-state index contributed by atoms with van der Waals surface area (Å²) in [5, 5.41) is 0. The lowest BCUT2D eigenvalue weighted by Crippen LogP contribution is -1.98. The fraction of sp³-hybridized carbons (Fsp3) is 0.417. The molecule has 0 heterocycles. The lowest BCUT2D eigenvalue weighted by Gasteiger charge is -2.01. The zero-order valence-electron chi connectivity index (χ0n) is 7.44. The van der Waals surface area contributed by atoms with Gasteiger partial charge in [0, 0.05) is 12.3 Å². The van der Waals surface area contributed by atoms with Gasteiger partial charge in [0.2, 0.25) is 0 Å². The van der Waals surface area contributed by atoms with E-state index in [-0.39, 0.29) is 0 Å². The summed E-state index contributed by atoms with van der Waals surface area (Å²) in [5.74, 6) is 2.15. The van der Waals surface area contributed by atoms with Gasteiger partial charge in [-0.15, -0.1) is 0 Å². The van der Waals surface area contributed by atoms with Gasteiger partial charge in [0.05, 0.1) is 0 Å². The van der Waals surface area contributed by atoms with Gasteiger partial charge < -0.3 is 0 Å². The van der Waals surface area contributed by atoms with Crippen molar-refractivity contribution < 1.29 is 4.79 Å². The molecule has 0 amide bonds. The van der Waals surface area contributed by atoms with E-state index in [1.807, 2.05) is 6.07 Å². The number of benzene rings is 1. The minimum Gasteiger partial charge on any atom is -0.299 e. The molecule has 2 saturated carbocycles. The maximum atomic E-state index is 11.4. The van der Waals surface area contributed by atoms with Crippen LogP contribution in [0.2, 0.25) is 0 Å². The molecule has 0 aromatic heterocycles. The summed E-state index contributed by atoms with van der Waals surface area (Å²) >= 11 is 0. The number of hydrogen-bond donors (Lipinski definition) is 0. The monoisotopic (exact) mass is 172 g/mol. The Labute approximate surface area is 77.8 Å². The standard InChI is InChI=1S/C12H12O/c13-10-7-6-9-11(12(9)10)8-4-2-1-3-5-8/h1-5,9,11-12H,6-7H2/t9-,11+,12+/m1/s1. The average Bonchev–Trinajstić information content (AvgIpc) is 2.80. The summed E-state index contributed by atoms with van der Waals surface area (Å²) in [6.45, 7) is 0. The Kier molecular flexibility index (Phi) is 1.37. The summed E-state index contributed by atoms with van der Waals surface area (Å²) in [4.78, 5) is 11.4. The maximum Gasteiger partial charge on any atom is 0.136 e. The summed E-state index contributed by atoms with van der Waals surface area (Å²) in [5.41, 5.74) is 1.37. The highest BCUT2D eigenvalue weighted by Gasteiger charge is 2.58. The number of carbonyl (C=O) groups excluding carboxylic acids is 1. The van der Waals surface area contributed by atoms with Crippen LogP contribution in [-0.4, -0.2) is 5.78 Å². The molecule has 0 bridgehead atoms. The molecule has 0 saturated heterocycles. The van der Waals surface area contributed by atoms with Gasteiger partial charge in [0.15, 0.2) is 0 Å². The van der Waals surface area contributed by atoms with Crippen molar-refractivity contribution in [3.8, 4) is 0 Å². The van der Waals surface area contributed by atoms with Crippen LogP contribution in [0.5, 0.6) is 0 Å². The normalized spacial score (nSPS) is 36.0. The molecule has 2 fully saturated rings. The molecule has 0 unspecified atom stereocenters. The van der Waals surface area contributed by atoms with Gasteiger partial charge >= 0.3 is 0 Å². The largest absolute Gasteiger partial charge is 0.299 e. The van der Waals surface area contributed by atoms with Crippen molar-refractivity contribution in [2.45, 2.75) is 18.8 Å². The fourth-order valence-electron chi connectivity index (χ4n) is 2.78. The molecular weight excluding hydrogens is 160 g/mol. The second-order valence-electron chi connectivity index (χ2n) is 4.13. The molecular formula is C12H12O. The predicted octanol–water partition coefficient (Wildman–Crippen LogP) is 2.38. The molecule has 1 nitrogen and oxygen atoms in total. The molecule has 1 heteroatoms. The summed E-state index contributed by atoms with van der Waals surface area (Å²) in [6, 6.07) is 10.5. The van der Waals surface area contributed by atoms with Crippen LogP contribution in [0.4, 0.5) is 0 Å². The predicted molar refractivity (Wildman–Crippen MR) is 50.4 cm³/mol.